The highest BCUT2D eigenvalue weighted by Gasteiger charge is 2.38. The summed E-state index contributed by atoms with van der Waals surface area (Å²) in [5, 5.41) is 6.34. The lowest BCUT2D eigenvalue weighted by Crippen LogP contribution is -2.55. The average Bonchev–Trinajstić information content (AvgIpc) is 3.34. The summed E-state index contributed by atoms with van der Waals surface area (Å²) in [4.78, 5) is 56.6. The number of rotatable bonds is 10. The molecule has 1 aromatic carbocycles. The summed E-state index contributed by atoms with van der Waals surface area (Å²) in [7, 11) is 0. The van der Waals surface area contributed by atoms with Crippen molar-refractivity contribution < 1.29 is 18.8 Å². The fourth-order valence-corrected chi connectivity index (χ4v) is 4.45. The lowest BCUT2D eigenvalue weighted by molar-refractivity contribution is -0.140. The van der Waals surface area contributed by atoms with E-state index in [9.17, 15) is 19.2 Å². The van der Waals surface area contributed by atoms with Crippen LogP contribution in [0.2, 0.25) is 0 Å². The van der Waals surface area contributed by atoms with E-state index in [2.05, 4.69) is 15.6 Å². The zero-order valence-electron chi connectivity index (χ0n) is 22.0. The van der Waals surface area contributed by atoms with E-state index >= 15 is 0 Å². The number of nitrogens with two attached hydrogens (primary N) is 3. The number of guanidine groups is 1. The van der Waals surface area contributed by atoms with Crippen LogP contribution < -0.4 is 33.5 Å². The lowest BCUT2D eigenvalue weighted by Gasteiger charge is -2.29. The smallest absolute Gasteiger partial charge is 0.336 e. The van der Waals surface area contributed by atoms with Gasteiger partial charge < -0.3 is 37.2 Å². The Kier molecular flexibility index (Phi) is 9.45. The van der Waals surface area contributed by atoms with Gasteiger partial charge in [0.1, 0.15) is 17.7 Å². The van der Waals surface area contributed by atoms with Gasteiger partial charge in [-0.15, -0.1) is 0 Å². The molecule has 1 aromatic heterocycles. The molecule has 38 heavy (non-hydrogen) atoms. The normalized spacial score (nSPS) is 16.8. The van der Waals surface area contributed by atoms with Gasteiger partial charge in [0.25, 0.3) is 0 Å². The highest BCUT2D eigenvalue weighted by atomic mass is 16.4. The number of nitrogens with one attached hydrogen (secondary N) is 2. The Morgan fingerprint density at radius 1 is 1.21 bits per heavy atom. The molecule has 1 fully saturated rings. The average molecular weight is 528 g/mol. The predicted molar refractivity (Wildman–Crippen MR) is 145 cm³/mol. The first-order valence-electron chi connectivity index (χ1n) is 12.7. The molecule has 2 heterocycles. The van der Waals surface area contributed by atoms with Crippen LogP contribution in [0, 0.1) is 12.8 Å². The molecule has 12 heteroatoms. The molecule has 1 aliphatic heterocycles. The third-order valence-electron chi connectivity index (χ3n) is 6.64. The van der Waals surface area contributed by atoms with Gasteiger partial charge in [-0.2, -0.15) is 0 Å². The van der Waals surface area contributed by atoms with Gasteiger partial charge in [-0.1, -0.05) is 13.8 Å². The molecule has 0 saturated carbocycles. The number of fused-ring (bicyclic) bond motifs is 1. The van der Waals surface area contributed by atoms with Crippen molar-refractivity contribution in [3.8, 4) is 0 Å². The quantitative estimate of drug-likeness (QED) is 0.128. The number of likely N-dealkylation sites (tertiary alicyclic amines) is 1. The molecule has 0 unspecified atom stereocenters. The number of hydrogen-bond donors (Lipinski definition) is 5. The summed E-state index contributed by atoms with van der Waals surface area (Å²) in [6, 6.07) is 4.05. The van der Waals surface area contributed by atoms with Gasteiger partial charge in [0.2, 0.25) is 17.7 Å². The van der Waals surface area contributed by atoms with Gasteiger partial charge >= 0.3 is 5.63 Å². The molecule has 3 amide bonds. The number of anilines is 1. The predicted octanol–water partition coefficient (Wildman–Crippen LogP) is 0.553. The van der Waals surface area contributed by atoms with E-state index in [0.29, 0.717) is 37.1 Å². The van der Waals surface area contributed by atoms with E-state index in [0.717, 1.165) is 10.9 Å². The van der Waals surface area contributed by atoms with Gasteiger partial charge in [0, 0.05) is 36.3 Å². The number of carbonyl (C=O) groups is 3. The lowest BCUT2D eigenvalue weighted by atomic mass is 10.0. The molecule has 1 aliphatic rings. The van der Waals surface area contributed by atoms with E-state index in [4.69, 9.17) is 21.6 Å². The summed E-state index contributed by atoms with van der Waals surface area (Å²) in [6.07, 6.45) is 1.82. The Morgan fingerprint density at radius 3 is 2.63 bits per heavy atom. The fraction of sp³-hybridized carbons (Fsp3) is 0.500. The fourth-order valence-electron chi connectivity index (χ4n) is 4.45. The second-order valence-electron chi connectivity index (χ2n) is 9.92. The molecule has 3 atom stereocenters. The first-order chi connectivity index (χ1) is 18.0. The molecule has 12 nitrogen and oxygen atoms in total. The summed E-state index contributed by atoms with van der Waals surface area (Å²) < 4.78 is 5.27. The summed E-state index contributed by atoms with van der Waals surface area (Å²) in [6.45, 7) is 6.21. The Hall–Kier alpha value is -3.93. The Balaban J connectivity index is 1.77. The highest BCUT2D eigenvalue weighted by molar-refractivity contribution is 6.00. The van der Waals surface area contributed by atoms with Gasteiger partial charge in [-0.05, 0) is 56.2 Å². The SMILES string of the molecule is Cc1cc(=O)oc2cc(NC(=O)[C@H](CCCN=C(N)N)NC(=O)[C@@H]3CCCN3C(=O)[C@@H](N)C(C)C)ccc12. The number of benzene rings is 1. The standard InChI is InChI=1S/C26H37N7O5/c1-14(2)22(27)25(37)33-11-5-7-19(33)24(36)32-18(6-4-10-30-26(28)29)23(35)31-16-8-9-17-15(3)12-21(34)38-20(17)13-16/h8-9,12-14,18-19,22H,4-7,10-11,27H2,1-3H3,(H,31,35)(H,32,36)(H4,28,29,30)/t18-,19-,22-/m0/s1. The van der Waals surface area contributed by atoms with Crippen molar-refractivity contribution in [2.24, 2.45) is 28.1 Å². The van der Waals surface area contributed by atoms with Crippen LogP contribution in [0.25, 0.3) is 11.0 Å². The largest absolute Gasteiger partial charge is 0.423 e. The van der Waals surface area contributed by atoms with E-state index in [1.165, 1.54) is 11.0 Å². The number of aliphatic imine (C=N–C) groups is 1. The summed E-state index contributed by atoms with van der Waals surface area (Å²) >= 11 is 0. The Labute approximate surface area is 221 Å². The van der Waals surface area contributed by atoms with E-state index in [1.54, 1.807) is 25.1 Å². The van der Waals surface area contributed by atoms with Crippen molar-refractivity contribution >= 4 is 40.3 Å². The van der Waals surface area contributed by atoms with Gasteiger partial charge in [-0.25, -0.2) is 4.79 Å². The van der Waals surface area contributed by atoms with Crippen LogP contribution in [0.3, 0.4) is 0 Å². The number of nitrogens with zero attached hydrogens (tertiary/aromatic N) is 2. The number of carbonyl (C=O) groups excluding carboxylic acids is 3. The number of aryl methyl sites for hydroxylation is 1. The van der Waals surface area contributed by atoms with Crippen LogP contribution >= 0.6 is 0 Å². The first kappa shape index (κ1) is 28.6. The number of amides is 3. The molecule has 2 aromatic rings. The molecule has 0 spiro atoms. The maximum atomic E-state index is 13.3. The van der Waals surface area contributed by atoms with E-state index < -0.39 is 35.6 Å². The van der Waals surface area contributed by atoms with Crippen molar-refractivity contribution in [3.63, 3.8) is 0 Å². The van der Waals surface area contributed by atoms with Crippen LogP contribution in [-0.4, -0.2) is 59.8 Å². The Morgan fingerprint density at radius 2 is 1.95 bits per heavy atom. The van der Waals surface area contributed by atoms with Crippen LogP contribution in [0.5, 0.6) is 0 Å². The third kappa shape index (κ3) is 7.09. The molecule has 8 N–H and O–H groups in total. The first-order valence-corrected chi connectivity index (χ1v) is 12.7. The van der Waals surface area contributed by atoms with Crippen LogP contribution in [0.1, 0.15) is 45.1 Å². The minimum atomic E-state index is -0.923. The van der Waals surface area contributed by atoms with Crippen molar-refractivity contribution in [1.29, 1.82) is 0 Å². The molecule has 1 saturated heterocycles. The van der Waals surface area contributed by atoms with Crippen molar-refractivity contribution in [1.82, 2.24) is 10.2 Å². The number of hydrogen-bond acceptors (Lipinski definition) is 7. The Bertz CT molecular complexity index is 1270. The third-order valence-corrected chi connectivity index (χ3v) is 6.64. The molecule has 0 bridgehead atoms. The van der Waals surface area contributed by atoms with Gasteiger partial charge in [0.05, 0.1) is 6.04 Å². The maximum absolute atomic E-state index is 13.3. The summed E-state index contributed by atoms with van der Waals surface area (Å²) in [5.41, 5.74) is 17.8. The zero-order chi connectivity index (χ0) is 28.0. The molecule has 0 radical (unpaired) electrons. The summed E-state index contributed by atoms with van der Waals surface area (Å²) in [5.74, 6) is -1.30. The van der Waals surface area contributed by atoms with E-state index in [-0.39, 0.29) is 30.8 Å². The van der Waals surface area contributed by atoms with Gasteiger partial charge in [0.15, 0.2) is 5.96 Å². The zero-order valence-corrected chi connectivity index (χ0v) is 22.0. The molecule has 0 aliphatic carbocycles. The molecule has 206 valence electrons. The molecule has 3 rings (SSSR count). The monoisotopic (exact) mass is 527 g/mol. The van der Waals surface area contributed by atoms with Crippen molar-refractivity contribution in [2.75, 3.05) is 18.4 Å². The molecular weight excluding hydrogens is 490 g/mol. The minimum Gasteiger partial charge on any atom is -0.423 e. The van der Waals surface area contributed by atoms with Crippen molar-refractivity contribution in [3.05, 3.63) is 40.2 Å². The topological polar surface area (TPSA) is 199 Å². The van der Waals surface area contributed by atoms with Gasteiger partial charge in [-0.3, -0.25) is 19.4 Å². The second kappa shape index (κ2) is 12.5. The van der Waals surface area contributed by atoms with Crippen LogP contribution in [0.15, 0.2) is 38.5 Å². The van der Waals surface area contributed by atoms with Crippen LogP contribution in [-0.2, 0) is 14.4 Å². The van der Waals surface area contributed by atoms with E-state index in [1.807, 2.05) is 13.8 Å². The van der Waals surface area contributed by atoms with Crippen LogP contribution in [0.4, 0.5) is 5.69 Å². The second-order valence-corrected chi connectivity index (χ2v) is 9.92. The minimum absolute atomic E-state index is 0.0652. The van der Waals surface area contributed by atoms with Crippen molar-refractivity contribution in [2.45, 2.75) is 64.6 Å². The highest BCUT2D eigenvalue weighted by Crippen LogP contribution is 2.22. The molecular formula is C26H37N7O5. The maximum Gasteiger partial charge on any atom is 0.336 e.